The third kappa shape index (κ3) is 14.0. The molecule has 0 aliphatic heterocycles. The molecular formula is C34H44N6O8. The maximum Gasteiger partial charge on any atom is 0.323 e. The molecule has 2 aromatic carbocycles. The molecule has 2 aromatic rings. The van der Waals surface area contributed by atoms with Crippen LogP contribution in [0.15, 0.2) is 60.7 Å². The van der Waals surface area contributed by atoms with Crippen LogP contribution in [0.4, 0.5) is 0 Å². The summed E-state index contributed by atoms with van der Waals surface area (Å²) in [5.74, 6) is -5.03. The Kier molecular flexibility index (Phi) is 16.2. The Morgan fingerprint density at radius 2 is 1.40 bits per heavy atom. The number of hydrogen-bond acceptors (Lipinski definition) is 9. The molecule has 0 aliphatic rings. The molecule has 0 saturated heterocycles. The smallest absolute Gasteiger partial charge is 0.323 e. The van der Waals surface area contributed by atoms with Crippen LogP contribution in [0.2, 0.25) is 0 Å². The number of ether oxygens (including phenoxy) is 1. The molecule has 2 unspecified atom stereocenters. The third-order valence-electron chi connectivity index (χ3n) is 7.24. The normalized spacial score (nSPS) is 13.8. The standard InChI is InChI=1S/C34H44N6O8/c1-21(2)30(40-32(45)28(37-22(3)41)17-23-11-6-4-7-12-23)33(46)39-27(31(44)38-25(19-35)18-29(42)43)16-10-15-26(36)34(47)48-20-24-13-8-5-9-14-24/h4-9,11-14,21,25-28,30H,10,15-18,20,36H2,1-3H3,(H,37,41)(H,38,44)(H,39,46)(H,40,45)(H,42,43)/t25?,26?,27-,28-,30-/m0/s1. The Morgan fingerprint density at radius 1 is 0.812 bits per heavy atom. The largest absolute Gasteiger partial charge is 0.481 e. The van der Waals surface area contributed by atoms with Gasteiger partial charge in [0.1, 0.15) is 36.8 Å². The molecule has 14 heteroatoms. The average molecular weight is 665 g/mol. The van der Waals surface area contributed by atoms with Gasteiger partial charge >= 0.3 is 11.9 Å². The number of aliphatic carboxylic acids is 1. The Hall–Kier alpha value is -5.29. The predicted molar refractivity (Wildman–Crippen MR) is 174 cm³/mol. The van der Waals surface area contributed by atoms with Crippen molar-refractivity contribution in [3.8, 4) is 6.07 Å². The van der Waals surface area contributed by atoms with Gasteiger partial charge in [-0.05, 0) is 36.3 Å². The lowest BCUT2D eigenvalue weighted by Gasteiger charge is -2.27. The summed E-state index contributed by atoms with van der Waals surface area (Å²) in [5, 5.41) is 28.6. The number of rotatable bonds is 19. The van der Waals surface area contributed by atoms with Gasteiger partial charge in [0.15, 0.2) is 0 Å². The van der Waals surface area contributed by atoms with Crippen LogP contribution < -0.4 is 27.0 Å². The van der Waals surface area contributed by atoms with Gasteiger partial charge in [-0.2, -0.15) is 5.26 Å². The van der Waals surface area contributed by atoms with Gasteiger partial charge in [0.2, 0.25) is 23.6 Å². The molecule has 258 valence electrons. The van der Waals surface area contributed by atoms with E-state index in [-0.39, 0.29) is 32.3 Å². The third-order valence-corrected chi connectivity index (χ3v) is 7.24. The molecular weight excluding hydrogens is 620 g/mol. The summed E-state index contributed by atoms with van der Waals surface area (Å²) in [5.41, 5.74) is 7.58. The Balaban J connectivity index is 2.15. The van der Waals surface area contributed by atoms with E-state index in [1.54, 1.807) is 68.4 Å². The quantitative estimate of drug-likeness (QED) is 0.117. The Bertz CT molecular complexity index is 1430. The zero-order valence-electron chi connectivity index (χ0n) is 27.3. The number of nitriles is 1. The number of esters is 1. The van der Waals surface area contributed by atoms with Crippen molar-refractivity contribution in [1.29, 1.82) is 5.26 Å². The molecule has 0 fully saturated rings. The SMILES string of the molecule is CC(=O)N[C@@H](Cc1ccccc1)C(=O)N[C@H](C(=O)N[C@@H](CCCC(N)C(=O)OCc1ccccc1)C(=O)NC(C#N)CC(=O)O)C(C)C. The first kappa shape index (κ1) is 38.9. The lowest BCUT2D eigenvalue weighted by Crippen LogP contribution is -2.59. The number of amides is 4. The van der Waals surface area contributed by atoms with E-state index >= 15 is 0 Å². The number of carboxylic acids is 1. The second kappa shape index (κ2) is 20.1. The molecule has 0 spiro atoms. The molecule has 4 amide bonds. The Labute approximate surface area is 279 Å². The van der Waals surface area contributed by atoms with Gasteiger partial charge in [0.25, 0.3) is 0 Å². The van der Waals surface area contributed by atoms with E-state index in [1.807, 2.05) is 12.1 Å². The fourth-order valence-corrected chi connectivity index (χ4v) is 4.69. The predicted octanol–water partition coefficient (Wildman–Crippen LogP) is 1.08. The summed E-state index contributed by atoms with van der Waals surface area (Å²) in [6, 6.07) is 13.9. The maximum absolute atomic E-state index is 13.5. The molecule has 0 aliphatic carbocycles. The molecule has 0 bridgehead atoms. The number of nitrogens with zero attached hydrogens (tertiary/aromatic N) is 1. The van der Waals surface area contributed by atoms with E-state index in [0.29, 0.717) is 0 Å². The van der Waals surface area contributed by atoms with Crippen molar-refractivity contribution in [2.45, 2.75) is 89.7 Å². The van der Waals surface area contributed by atoms with Crippen LogP contribution in [0.3, 0.4) is 0 Å². The number of carbonyl (C=O) groups is 6. The van der Waals surface area contributed by atoms with Crippen molar-refractivity contribution in [2.24, 2.45) is 11.7 Å². The summed E-state index contributed by atoms with van der Waals surface area (Å²) in [6.07, 6.45) is -0.291. The van der Waals surface area contributed by atoms with Crippen molar-refractivity contribution >= 4 is 35.6 Å². The van der Waals surface area contributed by atoms with Crippen molar-refractivity contribution in [3.05, 3.63) is 71.8 Å². The molecule has 0 saturated carbocycles. The van der Waals surface area contributed by atoms with Crippen LogP contribution in [-0.2, 0) is 46.5 Å². The highest BCUT2D eigenvalue weighted by molar-refractivity contribution is 5.94. The number of carbonyl (C=O) groups excluding carboxylic acids is 5. The highest BCUT2D eigenvalue weighted by Gasteiger charge is 2.32. The van der Waals surface area contributed by atoms with E-state index in [4.69, 9.17) is 15.6 Å². The Morgan fingerprint density at radius 3 is 1.94 bits per heavy atom. The number of nitrogens with two attached hydrogens (primary N) is 1. The second-order valence-corrected chi connectivity index (χ2v) is 11.7. The van der Waals surface area contributed by atoms with Crippen LogP contribution >= 0.6 is 0 Å². The highest BCUT2D eigenvalue weighted by Crippen LogP contribution is 2.11. The van der Waals surface area contributed by atoms with Crippen LogP contribution in [0.5, 0.6) is 0 Å². The average Bonchev–Trinajstić information content (AvgIpc) is 3.04. The molecule has 0 heterocycles. The van der Waals surface area contributed by atoms with Crippen molar-refractivity contribution in [1.82, 2.24) is 21.3 Å². The minimum absolute atomic E-state index is 0.0318. The van der Waals surface area contributed by atoms with Gasteiger partial charge in [-0.1, -0.05) is 74.5 Å². The number of nitrogens with one attached hydrogen (secondary N) is 4. The van der Waals surface area contributed by atoms with E-state index in [1.165, 1.54) is 6.92 Å². The highest BCUT2D eigenvalue weighted by atomic mass is 16.5. The molecule has 0 aromatic heterocycles. The van der Waals surface area contributed by atoms with E-state index in [2.05, 4.69) is 21.3 Å². The first-order chi connectivity index (χ1) is 22.8. The summed E-state index contributed by atoms with van der Waals surface area (Å²) in [6.45, 7) is 4.67. The number of hydrogen-bond donors (Lipinski definition) is 6. The minimum atomic E-state index is -1.37. The lowest BCUT2D eigenvalue weighted by atomic mass is 9.99. The molecule has 5 atom stereocenters. The van der Waals surface area contributed by atoms with E-state index in [0.717, 1.165) is 11.1 Å². The molecule has 0 radical (unpaired) electrons. The van der Waals surface area contributed by atoms with Crippen LogP contribution in [0, 0.1) is 17.2 Å². The fraction of sp³-hybridized carbons (Fsp3) is 0.441. The first-order valence-corrected chi connectivity index (χ1v) is 15.6. The van der Waals surface area contributed by atoms with Gasteiger partial charge in [0, 0.05) is 13.3 Å². The van der Waals surface area contributed by atoms with Gasteiger partial charge in [-0.3, -0.25) is 28.8 Å². The monoisotopic (exact) mass is 664 g/mol. The summed E-state index contributed by atoms with van der Waals surface area (Å²) >= 11 is 0. The van der Waals surface area contributed by atoms with Gasteiger partial charge < -0.3 is 36.8 Å². The summed E-state index contributed by atoms with van der Waals surface area (Å²) in [7, 11) is 0. The molecule has 48 heavy (non-hydrogen) atoms. The zero-order valence-corrected chi connectivity index (χ0v) is 27.3. The van der Waals surface area contributed by atoms with Gasteiger partial charge in [-0.25, -0.2) is 0 Å². The minimum Gasteiger partial charge on any atom is -0.481 e. The van der Waals surface area contributed by atoms with Gasteiger partial charge in [0.05, 0.1) is 12.5 Å². The molecule has 14 nitrogen and oxygen atoms in total. The van der Waals surface area contributed by atoms with Crippen molar-refractivity contribution < 1.29 is 38.6 Å². The molecule has 7 N–H and O–H groups in total. The summed E-state index contributed by atoms with van der Waals surface area (Å²) in [4.78, 5) is 75.6. The van der Waals surface area contributed by atoms with E-state index < -0.39 is 78.1 Å². The number of benzene rings is 2. The second-order valence-electron chi connectivity index (χ2n) is 11.7. The topological polar surface area (TPSA) is 230 Å². The van der Waals surface area contributed by atoms with Crippen molar-refractivity contribution in [3.63, 3.8) is 0 Å². The first-order valence-electron chi connectivity index (χ1n) is 15.6. The van der Waals surface area contributed by atoms with Crippen LogP contribution in [-0.4, -0.2) is 70.9 Å². The van der Waals surface area contributed by atoms with Gasteiger partial charge in [-0.15, -0.1) is 0 Å². The zero-order chi connectivity index (χ0) is 35.6. The van der Waals surface area contributed by atoms with E-state index in [9.17, 15) is 34.0 Å². The number of carboxylic acid groups (broad SMARTS) is 1. The van der Waals surface area contributed by atoms with Crippen LogP contribution in [0.25, 0.3) is 0 Å². The summed E-state index contributed by atoms with van der Waals surface area (Å²) < 4.78 is 5.27. The lowest BCUT2D eigenvalue weighted by molar-refractivity contribution is -0.146. The molecule has 2 rings (SSSR count). The fourth-order valence-electron chi connectivity index (χ4n) is 4.69. The van der Waals surface area contributed by atoms with Crippen molar-refractivity contribution in [2.75, 3.05) is 0 Å². The maximum atomic E-state index is 13.5. The van der Waals surface area contributed by atoms with Crippen LogP contribution in [0.1, 0.15) is 57.6 Å².